The number of hydrogen-bond acceptors (Lipinski definition) is 4. The zero-order chi connectivity index (χ0) is 16.2. The average Bonchev–Trinajstić information content (AvgIpc) is 2.35. The summed E-state index contributed by atoms with van der Waals surface area (Å²) in [5.74, 6) is 0. The maximum Gasteiger partial charge on any atom is 0.241 e. The maximum atomic E-state index is 12.7. The van der Waals surface area contributed by atoms with Crippen LogP contribution < -0.4 is 10.5 Å². The van der Waals surface area contributed by atoms with Gasteiger partial charge in [0, 0.05) is 17.1 Å². The van der Waals surface area contributed by atoms with Gasteiger partial charge in [-0.2, -0.15) is 0 Å². The number of nitrogens with two attached hydrogens (primary N) is 1. The normalized spacial score (nSPS) is 24.7. The molecular formula is C15H24N2O3S. The number of sulfonamides is 1. The van der Waals surface area contributed by atoms with Crippen molar-refractivity contribution < 1.29 is 13.5 Å². The lowest BCUT2D eigenvalue weighted by atomic mass is 9.65. The van der Waals surface area contributed by atoms with Gasteiger partial charge in [0.2, 0.25) is 10.0 Å². The fraction of sp³-hybridized carbons (Fsp3) is 0.600. The SMILES string of the molecule is Cc1cc(C)c(S(=O)(=O)NC2CC(O)C2(C)C)c(C)c1N. The molecule has 1 aliphatic rings. The van der Waals surface area contributed by atoms with Crippen molar-refractivity contribution in [2.24, 2.45) is 5.41 Å². The van der Waals surface area contributed by atoms with E-state index in [9.17, 15) is 13.5 Å². The van der Waals surface area contributed by atoms with Crippen LogP contribution in [-0.4, -0.2) is 25.7 Å². The van der Waals surface area contributed by atoms with E-state index in [-0.39, 0.29) is 10.9 Å². The van der Waals surface area contributed by atoms with Gasteiger partial charge in [-0.1, -0.05) is 19.9 Å². The predicted molar refractivity (Wildman–Crippen MR) is 83.6 cm³/mol. The highest BCUT2D eigenvalue weighted by Gasteiger charge is 2.49. The zero-order valence-corrected chi connectivity index (χ0v) is 14.0. The minimum Gasteiger partial charge on any atom is -0.398 e. The summed E-state index contributed by atoms with van der Waals surface area (Å²) in [7, 11) is -3.66. The topological polar surface area (TPSA) is 92.4 Å². The lowest BCUT2D eigenvalue weighted by Crippen LogP contribution is -2.61. The number of rotatable bonds is 3. The molecule has 1 aliphatic carbocycles. The van der Waals surface area contributed by atoms with E-state index < -0.39 is 21.5 Å². The average molecular weight is 312 g/mol. The molecule has 0 aliphatic heterocycles. The molecule has 0 spiro atoms. The van der Waals surface area contributed by atoms with E-state index in [0.717, 1.165) is 5.56 Å². The molecule has 6 heteroatoms. The second-order valence-electron chi connectivity index (χ2n) is 6.62. The molecule has 2 rings (SSSR count). The van der Waals surface area contributed by atoms with Gasteiger partial charge in [-0.3, -0.25) is 0 Å². The Labute approximate surface area is 126 Å². The van der Waals surface area contributed by atoms with Crippen molar-refractivity contribution in [3.63, 3.8) is 0 Å². The molecule has 21 heavy (non-hydrogen) atoms. The number of nitrogens with one attached hydrogen (secondary N) is 1. The van der Waals surface area contributed by atoms with Crippen molar-refractivity contribution in [1.29, 1.82) is 0 Å². The third-order valence-electron chi connectivity index (χ3n) is 4.74. The van der Waals surface area contributed by atoms with Crippen molar-refractivity contribution in [3.8, 4) is 0 Å². The van der Waals surface area contributed by atoms with Crippen LogP contribution in [0, 0.1) is 26.2 Å². The van der Waals surface area contributed by atoms with Crippen molar-refractivity contribution >= 4 is 15.7 Å². The van der Waals surface area contributed by atoms with Gasteiger partial charge in [0.05, 0.1) is 11.0 Å². The largest absolute Gasteiger partial charge is 0.398 e. The van der Waals surface area contributed by atoms with E-state index in [1.807, 2.05) is 20.8 Å². The molecule has 0 aromatic heterocycles. The van der Waals surface area contributed by atoms with Crippen molar-refractivity contribution in [3.05, 3.63) is 22.8 Å². The molecule has 2 atom stereocenters. The minimum atomic E-state index is -3.66. The number of aryl methyl sites for hydroxylation is 2. The molecule has 0 saturated heterocycles. The number of aliphatic hydroxyl groups is 1. The van der Waals surface area contributed by atoms with Gasteiger partial charge in [-0.15, -0.1) is 0 Å². The monoisotopic (exact) mass is 312 g/mol. The fourth-order valence-corrected chi connectivity index (χ4v) is 4.83. The summed E-state index contributed by atoms with van der Waals surface area (Å²) in [4.78, 5) is 0.253. The third-order valence-corrected chi connectivity index (χ3v) is 6.50. The first kappa shape index (κ1) is 16.3. The van der Waals surface area contributed by atoms with Crippen LogP contribution in [-0.2, 0) is 10.0 Å². The van der Waals surface area contributed by atoms with E-state index in [1.54, 1.807) is 19.9 Å². The summed E-state index contributed by atoms with van der Waals surface area (Å²) >= 11 is 0. The van der Waals surface area contributed by atoms with E-state index >= 15 is 0 Å². The Morgan fingerprint density at radius 3 is 2.33 bits per heavy atom. The highest BCUT2D eigenvalue weighted by atomic mass is 32.2. The van der Waals surface area contributed by atoms with Gasteiger partial charge in [0.15, 0.2) is 0 Å². The standard InChI is InChI=1S/C15H24N2O3S/c1-8-6-9(2)14(10(3)13(8)16)21(19,20)17-11-7-12(18)15(11,4)5/h6,11-12,17-18H,7,16H2,1-5H3. The van der Waals surface area contributed by atoms with Gasteiger partial charge >= 0.3 is 0 Å². The van der Waals surface area contributed by atoms with Gasteiger partial charge in [-0.05, 0) is 43.9 Å². The lowest BCUT2D eigenvalue weighted by Gasteiger charge is -2.49. The number of hydrogen-bond donors (Lipinski definition) is 3. The lowest BCUT2D eigenvalue weighted by molar-refractivity contribution is -0.0645. The molecule has 1 aromatic rings. The van der Waals surface area contributed by atoms with Crippen molar-refractivity contribution in [1.82, 2.24) is 4.72 Å². The molecular weight excluding hydrogens is 288 g/mol. The van der Waals surface area contributed by atoms with Crippen LogP contribution in [0.1, 0.15) is 37.0 Å². The van der Waals surface area contributed by atoms with E-state index in [0.29, 0.717) is 23.2 Å². The first-order valence-electron chi connectivity index (χ1n) is 7.05. The number of aliphatic hydroxyl groups excluding tert-OH is 1. The smallest absolute Gasteiger partial charge is 0.241 e. The Morgan fingerprint density at radius 1 is 1.29 bits per heavy atom. The molecule has 0 bridgehead atoms. The summed E-state index contributed by atoms with van der Waals surface area (Å²) < 4.78 is 28.1. The highest BCUT2D eigenvalue weighted by molar-refractivity contribution is 7.89. The van der Waals surface area contributed by atoms with E-state index in [1.165, 1.54) is 0 Å². The first-order chi connectivity index (χ1) is 9.48. The summed E-state index contributed by atoms with van der Waals surface area (Å²) in [6.07, 6.45) is -0.0402. The van der Waals surface area contributed by atoms with Crippen LogP contribution >= 0.6 is 0 Å². The maximum absolute atomic E-state index is 12.7. The third kappa shape index (κ3) is 2.56. The molecule has 0 heterocycles. The number of benzene rings is 1. The molecule has 0 radical (unpaired) electrons. The Balaban J connectivity index is 2.40. The van der Waals surface area contributed by atoms with Crippen LogP contribution in [0.15, 0.2) is 11.0 Å². The van der Waals surface area contributed by atoms with Crippen LogP contribution in [0.4, 0.5) is 5.69 Å². The fourth-order valence-electron chi connectivity index (χ4n) is 2.94. The predicted octanol–water partition coefficient (Wildman–Crippen LogP) is 1.63. The zero-order valence-electron chi connectivity index (χ0n) is 13.2. The highest BCUT2D eigenvalue weighted by Crippen LogP contribution is 2.41. The molecule has 1 saturated carbocycles. The van der Waals surface area contributed by atoms with E-state index in [2.05, 4.69) is 4.72 Å². The van der Waals surface area contributed by atoms with Crippen molar-refractivity contribution in [2.75, 3.05) is 5.73 Å². The van der Waals surface area contributed by atoms with Crippen LogP contribution in [0.3, 0.4) is 0 Å². The summed E-state index contributed by atoms with van der Waals surface area (Å²) in [6.45, 7) is 9.08. The molecule has 1 fully saturated rings. The van der Waals surface area contributed by atoms with Gasteiger partial charge < -0.3 is 10.8 Å². The Hall–Kier alpha value is -1.11. The quantitative estimate of drug-likeness (QED) is 0.740. The minimum absolute atomic E-state index is 0.253. The van der Waals surface area contributed by atoms with Crippen LogP contribution in [0.2, 0.25) is 0 Å². The second kappa shape index (κ2) is 4.97. The van der Waals surface area contributed by atoms with Gasteiger partial charge in [0.1, 0.15) is 0 Å². The molecule has 1 aromatic carbocycles. The summed E-state index contributed by atoms with van der Waals surface area (Å²) in [5.41, 5.74) is 8.17. The van der Waals surface area contributed by atoms with Gasteiger partial charge in [0.25, 0.3) is 0 Å². The number of anilines is 1. The Morgan fingerprint density at radius 2 is 1.86 bits per heavy atom. The Kier molecular flexibility index (Phi) is 3.85. The van der Waals surface area contributed by atoms with Gasteiger partial charge in [-0.25, -0.2) is 13.1 Å². The molecule has 118 valence electrons. The molecule has 4 N–H and O–H groups in total. The summed E-state index contributed by atoms with van der Waals surface area (Å²) in [6, 6.07) is 1.52. The van der Waals surface area contributed by atoms with Crippen LogP contribution in [0.25, 0.3) is 0 Å². The molecule has 5 nitrogen and oxygen atoms in total. The second-order valence-corrected chi connectivity index (χ2v) is 8.28. The van der Waals surface area contributed by atoms with Crippen molar-refractivity contribution in [2.45, 2.75) is 58.1 Å². The Bertz CT molecular complexity index is 681. The van der Waals surface area contributed by atoms with Crippen LogP contribution in [0.5, 0.6) is 0 Å². The molecule has 2 unspecified atom stereocenters. The summed E-state index contributed by atoms with van der Waals surface area (Å²) in [5, 5.41) is 9.75. The molecule has 0 amide bonds. The van der Waals surface area contributed by atoms with E-state index in [4.69, 9.17) is 5.73 Å². The first-order valence-corrected chi connectivity index (χ1v) is 8.53. The number of nitrogen functional groups attached to an aromatic ring is 1.